The van der Waals surface area contributed by atoms with Gasteiger partial charge in [0.25, 0.3) is 5.91 Å². The fourth-order valence-corrected chi connectivity index (χ4v) is 1.83. The SMILES string of the molecule is O=C(O)CC1Cc2ccccc2C(=O)N1. The van der Waals surface area contributed by atoms with Crippen molar-refractivity contribution in [2.75, 3.05) is 0 Å². The summed E-state index contributed by atoms with van der Waals surface area (Å²) in [5.74, 6) is -1.07. The number of rotatable bonds is 2. The van der Waals surface area contributed by atoms with Crippen LogP contribution >= 0.6 is 0 Å². The second-order valence-corrected chi connectivity index (χ2v) is 3.63. The second-order valence-electron chi connectivity index (χ2n) is 3.63. The van der Waals surface area contributed by atoms with Gasteiger partial charge in [0.05, 0.1) is 6.42 Å². The Hall–Kier alpha value is -1.84. The molecule has 4 nitrogen and oxygen atoms in total. The van der Waals surface area contributed by atoms with Crippen molar-refractivity contribution >= 4 is 11.9 Å². The number of hydrogen-bond donors (Lipinski definition) is 2. The number of aliphatic carboxylic acids is 1. The van der Waals surface area contributed by atoms with Gasteiger partial charge in [0.2, 0.25) is 0 Å². The third-order valence-electron chi connectivity index (χ3n) is 2.48. The van der Waals surface area contributed by atoms with Crippen LogP contribution in [0.1, 0.15) is 22.3 Å². The van der Waals surface area contributed by atoms with Gasteiger partial charge in [-0.1, -0.05) is 18.2 Å². The summed E-state index contributed by atoms with van der Waals surface area (Å²) in [6, 6.07) is 6.99. The lowest BCUT2D eigenvalue weighted by Gasteiger charge is -2.24. The first kappa shape index (κ1) is 9.71. The molecule has 0 radical (unpaired) electrons. The maximum atomic E-state index is 11.6. The summed E-state index contributed by atoms with van der Waals surface area (Å²) < 4.78 is 0. The van der Waals surface area contributed by atoms with Crippen molar-refractivity contribution < 1.29 is 14.7 Å². The quantitative estimate of drug-likeness (QED) is 0.751. The predicted molar refractivity (Wildman–Crippen MR) is 53.7 cm³/mol. The monoisotopic (exact) mass is 205 g/mol. The van der Waals surface area contributed by atoms with E-state index in [1.807, 2.05) is 12.1 Å². The largest absolute Gasteiger partial charge is 0.481 e. The summed E-state index contributed by atoms with van der Waals surface area (Å²) in [5.41, 5.74) is 1.58. The van der Waals surface area contributed by atoms with Crippen LogP contribution in [-0.4, -0.2) is 23.0 Å². The molecule has 15 heavy (non-hydrogen) atoms. The van der Waals surface area contributed by atoms with Gasteiger partial charge in [-0.2, -0.15) is 0 Å². The smallest absolute Gasteiger partial charge is 0.305 e. The molecule has 1 atom stereocenters. The number of carbonyl (C=O) groups excluding carboxylic acids is 1. The lowest BCUT2D eigenvalue weighted by atomic mass is 9.94. The molecule has 4 heteroatoms. The van der Waals surface area contributed by atoms with Crippen LogP contribution in [0.25, 0.3) is 0 Å². The Morgan fingerprint density at radius 1 is 1.47 bits per heavy atom. The zero-order valence-corrected chi connectivity index (χ0v) is 8.06. The van der Waals surface area contributed by atoms with E-state index in [4.69, 9.17) is 5.11 Å². The molecule has 2 rings (SSSR count). The molecule has 1 heterocycles. The number of carboxylic acids is 1. The van der Waals surface area contributed by atoms with Crippen LogP contribution in [0.2, 0.25) is 0 Å². The standard InChI is InChI=1S/C11H11NO3/c13-10(14)6-8-5-7-3-1-2-4-9(7)11(15)12-8/h1-4,8H,5-6H2,(H,12,15)(H,13,14). The van der Waals surface area contributed by atoms with Crippen molar-refractivity contribution in [2.45, 2.75) is 18.9 Å². The van der Waals surface area contributed by atoms with Gasteiger partial charge in [-0.15, -0.1) is 0 Å². The van der Waals surface area contributed by atoms with Crippen molar-refractivity contribution in [3.05, 3.63) is 35.4 Å². The van der Waals surface area contributed by atoms with Gasteiger partial charge in [-0.05, 0) is 18.1 Å². The molecule has 78 valence electrons. The van der Waals surface area contributed by atoms with Crippen molar-refractivity contribution in [3.63, 3.8) is 0 Å². The molecule has 0 fully saturated rings. The van der Waals surface area contributed by atoms with Crippen molar-refractivity contribution in [2.24, 2.45) is 0 Å². The second kappa shape index (κ2) is 3.73. The fourth-order valence-electron chi connectivity index (χ4n) is 1.83. The van der Waals surface area contributed by atoms with Gasteiger partial charge in [0, 0.05) is 11.6 Å². The zero-order valence-electron chi connectivity index (χ0n) is 8.06. The van der Waals surface area contributed by atoms with E-state index in [0.29, 0.717) is 12.0 Å². The number of amides is 1. The molecule has 1 aromatic rings. The third-order valence-corrected chi connectivity index (χ3v) is 2.48. The summed E-state index contributed by atoms with van der Waals surface area (Å²) in [4.78, 5) is 22.1. The molecule has 1 unspecified atom stereocenters. The van der Waals surface area contributed by atoms with E-state index in [1.165, 1.54) is 0 Å². The fraction of sp³-hybridized carbons (Fsp3) is 0.273. The van der Waals surface area contributed by atoms with Gasteiger partial charge in [-0.25, -0.2) is 0 Å². The van der Waals surface area contributed by atoms with Crippen molar-refractivity contribution in [3.8, 4) is 0 Å². The van der Waals surface area contributed by atoms with Gasteiger partial charge in [-0.3, -0.25) is 9.59 Å². The van der Waals surface area contributed by atoms with E-state index < -0.39 is 5.97 Å². The highest BCUT2D eigenvalue weighted by Gasteiger charge is 2.24. The summed E-state index contributed by atoms with van der Waals surface area (Å²) >= 11 is 0. The number of nitrogens with one attached hydrogen (secondary N) is 1. The van der Waals surface area contributed by atoms with E-state index in [1.54, 1.807) is 12.1 Å². The topological polar surface area (TPSA) is 66.4 Å². The van der Waals surface area contributed by atoms with E-state index >= 15 is 0 Å². The normalized spacial score (nSPS) is 19.2. The minimum Gasteiger partial charge on any atom is -0.481 e. The molecule has 0 saturated heterocycles. The summed E-state index contributed by atoms with van der Waals surface area (Å²) in [6.07, 6.45) is 0.564. The zero-order chi connectivity index (χ0) is 10.8. The first-order valence-electron chi connectivity index (χ1n) is 4.77. The number of fused-ring (bicyclic) bond motifs is 1. The van der Waals surface area contributed by atoms with Gasteiger partial charge < -0.3 is 10.4 Å². The summed E-state index contributed by atoms with van der Waals surface area (Å²) in [7, 11) is 0. The average molecular weight is 205 g/mol. The van der Waals surface area contributed by atoms with Crippen LogP contribution in [0.15, 0.2) is 24.3 Å². The lowest BCUT2D eigenvalue weighted by Crippen LogP contribution is -2.42. The van der Waals surface area contributed by atoms with Crippen LogP contribution in [0.4, 0.5) is 0 Å². The van der Waals surface area contributed by atoms with Crippen LogP contribution in [-0.2, 0) is 11.2 Å². The molecule has 0 aromatic heterocycles. The van der Waals surface area contributed by atoms with E-state index in [2.05, 4.69) is 5.32 Å². The number of carbonyl (C=O) groups is 2. The third kappa shape index (κ3) is 1.98. The Kier molecular flexibility index (Phi) is 2.41. The Balaban J connectivity index is 2.23. The Bertz CT molecular complexity index is 414. The highest BCUT2D eigenvalue weighted by molar-refractivity contribution is 5.97. The molecule has 2 N–H and O–H groups in total. The highest BCUT2D eigenvalue weighted by atomic mass is 16.4. The lowest BCUT2D eigenvalue weighted by molar-refractivity contribution is -0.137. The Labute approximate surface area is 86.9 Å². The van der Waals surface area contributed by atoms with Crippen LogP contribution in [0.3, 0.4) is 0 Å². The molecular formula is C11H11NO3. The van der Waals surface area contributed by atoms with Gasteiger partial charge in [0.1, 0.15) is 0 Å². The minimum absolute atomic E-state index is 0.0277. The predicted octanol–water partition coefficient (Wildman–Crippen LogP) is 0.816. The van der Waals surface area contributed by atoms with Gasteiger partial charge in [0.15, 0.2) is 0 Å². The first-order chi connectivity index (χ1) is 7.16. The Morgan fingerprint density at radius 3 is 2.93 bits per heavy atom. The first-order valence-corrected chi connectivity index (χ1v) is 4.77. The van der Waals surface area contributed by atoms with E-state index in [9.17, 15) is 9.59 Å². The minimum atomic E-state index is -0.889. The number of hydrogen-bond acceptors (Lipinski definition) is 2. The molecule has 0 spiro atoms. The molecular weight excluding hydrogens is 194 g/mol. The molecule has 1 aliphatic rings. The van der Waals surface area contributed by atoms with Crippen LogP contribution < -0.4 is 5.32 Å². The van der Waals surface area contributed by atoms with Crippen LogP contribution in [0.5, 0.6) is 0 Å². The Morgan fingerprint density at radius 2 is 2.20 bits per heavy atom. The average Bonchev–Trinajstić information content (AvgIpc) is 2.16. The molecule has 0 bridgehead atoms. The van der Waals surface area contributed by atoms with Gasteiger partial charge >= 0.3 is 5.97 Å². The molecule has 1 amide bonds. The summed E-state index contributed by atoms with van der Waals surface area (Å²) in [5, 5.41) is 11.3. The molecule has 0 aliphatic carbocycles. The van der Waals surface area contributed by atoms with Crippen molar-refractivity contribution in [1.29, 1.82) is 0 Å². The molecule has 0 saturated carbocycles. The number of benzene rings is 1. The van der Waals surface area contributed by atoms with E-state index in [-0.39, 0.29) is 18.4 Å². The van der Waals surface area contributed by atoms with E-state index in [0.717, 1.165) is 5.56 Å². The maximum absolute atomic E-state index is 11.6. The van der Waals surface area contributed by atoms with Crippen LogP contribution in [0, 0.1) is 0 Å². The maximum Gasteiger partial charge on any atom is 0.305 e. The highest BCUT2D eigenvalue weighted by Crippen LogP contribution is 2.17. The summed E-state index contributed by atoms with van der Waals surface area (Å²) in [6.45, 7) is 0. The molecule has 1 aromatic carbocycles. The molecule has 1 aliphatic heterocycles. The number of carboxylic acid groups (broad SMARTS) is 1. The van der Waals surface area contributed by atoms with Crippen molar-refractivity contribution in [1.82, 2.24) is 5.32 Å².